The highest BCUT2D eigenvalue weighted by molar-refractivity contribution is 5.93. The van der Waals surface area contributed by atoms with Crippen LogP contribution in [0.4, 0.5) is 0 Å². The number of hydrogen-bond donors (Lipinski definition) is 0. The summed E-state index contributed by atoms with van der Waals surface area (Å²) in [5.41, 5.74) is 0.844. The standard InChI is InChI=1S/C16H17NO3/c1-16(2)9-8-11-14(20-16)10-6-5-7-12(19-4)13(10)17(3)15(11)18/h5-9H,1-4H3. The van der Waals surface area contributed by atoms with Gasteiger partial charge in [0.2, 0.25) is 0 Å². The van der Waals surface area contributed by atoms with Gasteiger partial charge in [-0.2, -0.15) is 0 Å². The van der Waals surface area contributed by atoms with Crippen LogP contribution < -0.4 is 15.0 Å². The van der Waals surface area contributed by atoms with E-state index in [0.717, 1.165) is 10.9 Å². The minimum absolute atomic E-state index is 0.0799. The molecule has 0 bridgehead atoms. The van der Waals surface area contributed by atoms with Gasteiger partial charge in [0.25, 0.3) is 5.56 Å². The smallest absolute Gasteiger partial charge is 0.261 e. The minimum atomic E-state index is -0.421. The summed E-state index contributed by atoms with van der Waals surface area (Å²) in [6, 6.07) is 5.70. The lowest BCUT2D eigenvalue weighted by Gasteiger charge is -2.29. The van der Waals surface area contributed by atoms with Crippen molar-refractivity contribution in [3.63, 3.8) is 0 Å². The number of nitrogens with zero attached hydrogens (tertiary/aromatic N) is 1. The Morgan fingerprint density at radius 3 is 2.75 bits per heavy atom. The molecule has 4 nitrogen and oxygen atoms in total. The average Bonchev–Trinajstić information content (AvgIpc) is 2.43. The zero-order chi connectivity index (χ0) is 14.5. The van der Waals surface area contributed by atoms with Crippen molar-refractivity contribution in [3.8, 4) is 11.5 Å². The van der Waals surface area contributed by atoms with E-state index < -0.39 is 5.60 Å². The summed E-state index contributed by atoms with van der Waals surface area (Å²) in [5, 5.41) is 0.888. The Bertz CT molecular complexity index is 784. The second-order valence-electron chi connectivity index (χ2n) is 5.50. The molecule has 0 fully saturated rings. The monoisotopic (exact) mass is 271 g/mol. The molecule has 4 heteroatoms. The van der Waals surface area contributed by atoms with Crippen LogP contribution in [0.3, 0.4) is 0 Å². The van der Waals surface area contributed by atoms with Crippen LogP contribution in [-0.4, -0.2) is 17.3 Å². The number of rotatable bonds is 1. The largest absolute Gasteiger partial charge is 0.495 e. The number of para-hydroxylation sites is 1. The van der Waals surface area contributed by atoms with Crippen LogP contribution in [0.1, 0.15) is 19.4 Å². The summed E-state index contributed by atoms with van der Waals surface area (Å²) >= 11 is 0. The summed E-state index contributed by atoms with van der Waals surface area (Å²) in [6.07, 6.45) is 3.75. The Balaban J connectivity index is 2.48. The highest BCUT2D eigenvalue weighted by atomic mass is 16.5. The van der Waals surface area contributed by atoms with E-state index in [9.17, 15) is 4.79 Å². The van der Waals surface area contributed by atoms with E-state index in [1.54, 1.807) is 18.7 Å². The molecule has 0 radical (unpaired) electrons. The molecule has 2 aromatic rings. The number of aromatic nitrogens is 1. The molecular formula is C16H17NO3. The fourth-order valence-corrected chi connectivity index (χ4v) is 2.58. The lowest BCUT2D eigenvalue weighted by Crippen LogP contribution is -2.31. The van der Waals surface area contributed by atoms with Gasteiger partial charge in [0, 0.05) is 12.4 Å². The molecule has 20 heavy (non-hydrogen) atoms. The van der Waals surface area contributed by atoms with Gasteiger partial charge in [-0.1, -0.05) is 6.07 Å². The van der Waals surface area contributed by atoms with Crippen molar-refractivity contribution < 1.29 is 9.47 Å². The van der Waals surface area contributed by atoms with Crippen LogP contribution in [0.25, 0.3) is 17.0 Å². The van der Waals surface area contributed by atoms with Crippen molar-refractivity contribution in [2.45, 2.75) is 19.4 Å². The van der Waals surface area contributed by atoms with Crippen molar-refractivity contribution >= 4 is 17.0 Å². The first kappa shape index (κ1) is 12.8. The van der Waals surface area contributed by atoms with Gasteiger partial charge >= 0.3 is 0 Å². The van der Waals surface area contributed by atoms with E-state index in [1.807, 2.05) is 44.2 Å². The number of methoxy groups -OCH3 is 1. The molecule has 0 amide bonds. The molecule has 1 aliphatic heterocycles. The summed E-state index contributed by atoms with van der Waals surface area (Å²) in [6.45, 7) is 3.94. The van der Waals surface area contributed by atoms with Crippen LogP contribution in [0.5, 0.6) is 11.5 Å². The maximum Gasteiger partial charge on any atom is 0.261 e. The number of hydrogen-bond acceptors (Lipinski definition) is 3. The molecule has 0 saturated carbocycles. The van der Waals surface area contributed by atoms with Crippen LogP contribution in [-0.2, 0) is 7.05 Å². The lowest BCUT2D eigenvalue weighted by atomic mass is 10.0. The molecule has 3 rings (SSSR count). The predicted octanol–water partition coefficient (Wildman–Crippen LogP) is 2.73. The van der Waals surface area contributed by atoms with Crippen LogP contribution in [0.2, 0.25) is 0 Å². The average molecular weight is 271 g/mol. The van der Waals surface area contributed by atoms with E-state index in [4.69, 9.17) is 9.47 Å². The normalized spacial score (nSPS) is 15.8. The molecule has 1 aliphatic rings. The van der Waals surface area contributed by atoms with E-state index in [0.29, 0.717) is 17.1 Å². The van der Waals surface area contributed by atoms with E-state index in [2.05, 4.69) is 0 Å². The fraction of sp³-hybridized carbons (Fsp3) is 0.312. The van der Waals surface area contributed by atoms with E-state index in [1.165, 1.54) is 0 Å². The molecule has 0 unspecified atom stereocenters. The van der Waals surface area contributed by atoms with Gasteiger partial charge < -0.3 is 14.0 Å². The molecular weight excluding hydrogens is 254 g/mol. The Labute approximate surface area is 117 Å². The maximum atomic E-state index is 12.5. The molecule has 1 aromatic carbocycles. The van der Waals surface area contributed by atoms with E-state index >= 15 is 0 Å². The van der Waals surface area contributed by atoms with Gasteiger partial charge in [0.1, 0.15) is 17.1 Å². The Morgan fingerprint density at radius 1 is 1.30 bits per heavy atom. The molecule has 0 spiro atoms. The summed E-state index contributed by atoms with van der Waals surface area (Å²) in [4.78, 5) is 12.5. The predicted molar refractivity (Wildman–Crippen MR) is 79.5 cm³/mol. The summed E-state index contributed by atoms with van der Waals surface area (Å²) < 4.78 is 13.0. The topological polar surface area (TPSA) is 40.5 Å². The highest BCUT2D eigenvalue weighted by Crippen LogP contribution is 2.37. The van der Waals surface area contributed by atoms with Crippen LogP contribution in [0.15, 0.2) is 29.1 Å². The second kappa shape index (κ2) is 4.13. The van der Waals surface area contributed by atoms with Crippen molar-refractivity contribution in [3.05, 3.63) is 40.2 Å². The first-order chi connectivity index (χ1) is 9.44. The Morgan fingerprint density at radius 2 is 2.05 bits per heavy atom. The van der Waals surface area contributed by atoms with Gasteiger partial charge in [0.05, 0.1) is 18.2 Å². The Kier molecular flexibility index (Phi) is 2.64. The number of fused-ring (bicyclic) bond motifs is 3. The lowest BCUT2D eigenvalue weighted by molar-refractivity contribution is 0.161. The fourth-order valence-electron chi connectivity index (χ4n) is 2.58. The maximum absolute atomic E-state index is 12.5. The highest BCUT2D eigenvalue weighted by Gasteiger charge is 2.27. The minimum Gasteiger partial charge on any atom is -0.495 e. The van der Waals surface area contributed by atoms with E-state index in [-0.39, 0.29) is 5.56 Å². The SMILES string of the molecule is COc1cccc2c3c(c(=O)n(C)c12)C=CC(C)(C)O3. The molecule has 0 N–H and O–H groups in total. The zero-order valence-electron chi connectivity index (χ0n) is 12.1. The van der Waals surface area contributed by atoms with Crippen molar-refractivity contribution in [2.75, 3.05) is 7.11 Å². The quantitative estimate of drug-likeness (QED) is 0.800. The second-order valence-corrected chi connectivity index (χ2v) is 5.50. The third-order valence-electron chi connectivity index (χ3n) is 3.60. The third-order valence-corrected chi connectivity index (χ3v) is 3.60. The number of benzene rings is 1. The van der Waals surface area contributed by atoms with Gasteiger partial charge in [0.15, 0.2) is 0 Å². The number of aryl methyl sites for hydroxylation is 1. The van der Waals surface area contributed by atoms with Crippen molar-refractivity contribution in [1.82, 2.24) is 4.57 Å². The molecule has 2 heterocycles. The van der Waals surface area contributed by atoms with Gasteiger partial charge in [-0.3, -0.25) is 4.79 Å². The zero-order valence-corrected chi connectivity index (χ0v) is 12.1. The first-order valence-electron chi connectivity index (χ1n) is 6.52. The van der Waals surface area contributed by atoms with Crippen molar-refractivity contribution in [2.24, 2.45) is 7.05 Å². The van der Waals surface area contributed by atoms with Crippen LogP contribution in [0, 0.1) is 0 Å². The molecule has 1 aromatic heterocycles. The summed E-state index contributed by atoms with van der Waals surface area (Å²) in [5.74, 6) is 1.30. The van der Waals surface area contributed by atoms with Gasteiger partial charge in [-0.25, -0.2) is 0 Å². The third kappa shape index (κ3) is 1.72. The number of ether oxygens (including phenoxy) is 2. The van der Waals surface area contributed by atoms with Gasteiger partial charge in [-0.15, -0.1) is 0 Å². The summed E-state index contributed by atoms with van der Waals surface area (Å²) in [7, 11) is 3.35. The first-order valence-corrected chi connectivity index (χ1v) is 6.52. The molecule has 0 aliphatic carbocycles. The Hall–Kier alpha value is -2.23. The molecule has 104 valence electrons. The van der Waals surface area contributed by atoms with Crippen molar-refractivity contribution in [1.29, 1.82) is 0 Å². The molecule has 0 saturated heterocycles. The van der Waals surface area contributed by atoms with Gasteiger partial charge in [-0.05, 0) is 38.1 Å². The molecule has 0 atom stereocenters. The van der Waals surface area contributed by atoms with Crippen LogP contribution >= 0.6 is 0 Å². The number of pyridine rings is 1.